The molecule has 4 rings (SSSR count). The van der Waals surface area contributed by atoms with Gasteiger partial charge >= 0.3 is 0 Å². The standard InChI is InChI=1S/C23H22S/c1-2-3-4-5-6-7-10-17-13-14-19-18(15-17)16-21-20-11-8-9-12-22(20)24-23(19)21/h8-9,11-15H,2-6,16H2,1H3. The Labute approximate surface area is 148 Å². The van der Waals surface area contributed by atoms with Crippen LogP contribution < -0.4 is 0 Å². The molecule has 0 nitrogen and oxygen atoms in total. The van der Waals surface area contributed by atoms with E-state index in [1.807, 2.05) is 11.3 Å². The number of thiophene rings is 1. The molecule has 0 radical (unpaired) electrons. The highest BCUT2D eigenvalue weighted by molar-refractivity contribution is 7.22. The molecular formula is C23H22S. The molecule has 24 heavy (non-hydrogen) atoms. The number of benzene rings is 2. The molecule has 0 bridgehead atoms. The van der Waals surface area contributed by atoms with Crippen molar-refractivity contribution in [3.63, 3.8) is 0 Å². The van der Waals surface area contributed by atoms with Gasteiger partial charge in [-0.05, 0) is 46.7 Å². The normalized spacial score (nSPS) is 11.9. The van der Waals surface area contributed by atoms with Crippen molar-refractivity contribution >= 4 is 21.4 Å². The molecule has 0 unspecified atom stereocenters. The summed E-state index contributed by atoms with van der Waals surface area (Å²) in [6.45, 7) is 2.25. The largest absolute Gasteiger partial charge is 0.135 e. The predicted octanol–water partition coefficient (Wildman–Crippen LogP) is 6.79. The highest BCUT2D eigenvalue weighted by atomic mass is 32.1. The van der Waals surface area contributed by atoms with E-state index in [0.29, 0.717) is 0 Å². The SMILES string of the molecule is CCCCCCC#Cc1ccc2c(c1)Cc1c-2sc2ccccc12. The first-order valence-electron chi connectivity index (χ1n) is 8.99. The average molecular weight is 330 g/mol. The summed E-state index contributed by atoms with van der Waals surface area (Å²) in [4.78, 5) is 1.46. The molecule has 1 heterocycles. The van der Waals surface area contributed by atoms with E-state index in [1.54, 1.807) is 0 Å². The molecule has 0 atom stereocenters. The third kappa shape index (κ3) is 2.87. The summed E-state index contributed by atoms with van der Waals surface area (Å²) in [6.07, 6.45) is 7.24. The second-order valence-corrected chi connectivity index (χ2v) is 7.62. The van der Waals surface area contributed by atoms with Crippen molar-refractivity contribution in [2.24, 2.45) is 0 Å². The van der Waals surface area contributed by atoms with E-state index >= 15 is 0 Å². The minimum absolute atomic E-state index is 1.02. The molecule has 1 heteroatoms. The molecule has 120 valence electrons. The van der Waals surface area contributed by atoms with E-state index in [0.717, 1.165) is 12.8 Å². The van der Waals surface area contributed by atoms with Gasteiger partial charge in [-0.15, -0.1) is 11.3 Å². The first-order chi connectivity index (χ1) is 11.9. The first-order valence-corrected chi connectivity index (χ1v) is 9.81. The molecule has 0 aliphatic heterocycles. The van der Waals surface area contributed by atoms with Gasteiger partial charge in [0, 0.05) is 28.0 Å². The number of hydrogen-bond acceptors (Lipinski definition) is 1. The number of rotatable bonds is 4. The van der Waals surface area contributed by atoms with Gasteiger partial charge in [-0.25, -0.2) is 0 Å². The Morgan fingerprint density at radius 3 is 2.88 bits per heavy atom. The Morgan fingerprint density at radius 1 is 1.04 bits per heavy atom. The van der Waals surface area contributed by atoms with Crippen LogP contribution in [0.25, 0.3) is 20.5 Å². The molecule has 0 amide bonds. The van der Waals surface area contributed by atoms with Crippen LogP contribution in [-0.2, 0) is 6.42 Å². The average Bonchev–Trinajstić information content (AvgIpc) is 3.13. The fourth-order valence-corrected chi connectivity index (χ4v) is 4.81. The summed E-state index contributed by atoms with van der Waals surface area (Å²) in [6, 6.07) is 15.5. The van der Waals surface area contributed by atoms with E-state index in [1.165, 1.54) is 62.9 Å². The highest BCUT2D eigenvalue weighted by Gasteiger charge is 2.23. The molecule has 1 aromatic heterocycles. The lowest BCUT2D eigenvalue weighted by Gasteiger charge is -2.00. The second kappa shape index (κ2) is 6.83. The quantitative estimate of drug-likeness (QED) is 0.285. The zero-order valence-electron chi connectivity index (χ0n) is 14.2. The minimum Gasteiger partial charge on any atom is -0.135 e. The fourth-order valence-electron chi connectivity index (χ4n) is 3.53. The lowest BCUT2D eigenvalue weighted by molar-refractivity contribution is 0.679. The maximum atomic E-state index is 3.36. The van der Waals surface area contributed by atoms with Crippen molar-refractivity contribution in [3.8, 4) is 22.3 Å². The van der Waals surface area contributed by atoms with Crippen molar-refractivity contribution in [3.05, 3.63) is 59.2 Å². The lowest BCUT2D eigenvalue weighted by atomic mass is 10.1. The van der Waals surface area contributed by atoms with Gasteiger partial charge in [0.15, 0.2) is 0 Å². The van der Waals surface area contributed by atoms with E-state index in [-0.39, 0.29) is 0 Å². The van der Waals surface area contributed by atoms with Gasteiger partial charge in [0.2, 0.25) is 0 Å². The minimum atomic E-state index is 1.02. The summed E-state index contributed by atoms with van der Waals surface area (Å²) in [5.41, 5.74) is 5.54. The number of fused-ring (bicyclic) bond motifs is 5. The van der Waals surface area contributed by atoms with E-state index in [4.69, 9.17) is 0 Å². The Hall–Kier alpha value is -2.04. The molecule has 0 N–H and O–H groups in total. The molecule has 0 fully saturated rings. The molecule has 0 spiro atoms. The molecular weight excluding hydrogens is 308 g/mol. The van der Waals surface area contributed by atoms with E-state index in [9.17, 15) is 0 Å². The first kappa shape index (κ1) is 15.5. The number of hydrogen-bond donors (Lipinski definition) is 0. The lowest BCUT2D eigenvalue weighted by Crippen LogP contribution is -1.84. The summed E-state index contributed by atoms with van der Waals surface area (Å²) >= 11 is 1.93. The molecule has 1 aliphatic carbocycles. The Bertz CT molecular complexity index is 934. The Morgan fingerprint density at radius 2 is 1.96 bits per heavy atom. The van der Waals surface area contributed by atoms with Crippen LogP contribution in [-0.4, -0.2) is 0 Å². The van der Waals surface area contributed by atoms with Crippen molar-refractivity contribution < 1.29 is 0 Å². The van der Waals surface area contributed by atoms with Crippen molar-refractivity contribution in [1.82, 2.24) is 0 Å². The van der Waals surface area contributed by atoms with Crippen LogP contribution in [0.1, 0.15) is 55.7 Å². The second-order valence-electron chi connectivity index (χ2n) is 6.57. The molecule has 3 aromatic rings. The van der Waals surface area contributed by atoms with E-state index < -0.39 is 0 Å². The smallest absolute Gasteiger partial charge is 0.0393 e. The molecule has 2 aromatic carbocycles. The van der Waals surface area contributed by atoms with Crippen LogP contribution >= 0.6 is 11.3 Å². The van der Waals surface area contributed by atoms with Gasteiger partial charge in [0.25, 0.3) is 0 Å². The monoisotopic (exact) mass is 330 g/mol. The number of unbranched alkanes of at least 4 members (excludes halogenated alkanes) is 4. The summed E-state index contributed by atoms with van der Waals surface area (Å²) in [7, 11) is 0. The summed E-state index contributed by atoms with van der Waals surface area (Å²) in [5.74, 6) is 6.71. The van der Waals surface area contributed by atoms with Gasteiger partial charge in [-0.3, -0.25) is 0 Å². The van der Waals surface area contributed by atoms with Crippen molar-refractivity contribution in [2.45, 2.75) is 45.4 Å². The van der Waals surface area contributed by atoms with Crippen LogP contribution in [0, 0.1) is 11.8 Å². The highest BCUT2D eigenvalue weighted by Crippen LogP contribution is 2.46. The Balaban J connectivity index is 1.54. The van der Waals surface area contributed by atoms with Gasteiger partial charge in [0.05, 0.1) is 0 Å². The molecule has 0 saturated carbocycles. The maximum absolute atomic E-state index is 3.36. The van der Waals surface area contributed by atoms with Crippen LogP contribution in [0.5, 0.6) is 0 Å². The maximum Gasteiger partial charge on any atom is 0.0393 e. The van der Waals surface area contributed by atoms with Crippen LogP contribution in [0.3, 0.4) is 0 Å². The van der Waals surface area contributed by atoms with Gasteiger partial charge in [0.1, 0.15) is 0 Å². The van der Waals surface area contributed by atoms with Crippen LogP contribution in [0.2, 0.25) is 0 Å². The third-order valence-electron chi connectivity index (χ3n) is 4.80. The van der Waals surface area contributed by atoms with Crippen molar-refractivity contribution in [1.29, 1.82) is 0 Å². The topological polar surface area (TPSA) is 0 Å². The van der Waals surface area contributed by atoms with Gasteiger partial charge in [-0.2, -0.15) is 0 Å². The zero-order chi connectivity index (χ0) is 16.4. The van der Waals surface area contributed by atoms with Gasteiger partial charge < -0.3 is 0 Å². The van der Waals surface area contributed by atoms with E-state index in [2.05, 4.69) is 61.2 Å². The summed E-state index contributed by atoms with van der Waals surface area (Å²) in [5, 5.41) is 1.43. The third-order valence-corrected chi connectivity index (χ3v) is 6.05. The summed E-state index contributed by atoms with van der Waals surface area (Å²) < 4.78 is 1.41. The molecule has 0 saturated heterocycles. The van der Waals surface area contributed by atoms with Gasteiger partial charge in [-0.1, -0.05) is 62.3 Å². The van der Waals surface area contributed by atoms with Crippen molar-refractivity contribution in [2.75, 3.05) is 0 Å². The fraction of sp³-hybridized carbons (Fsp3) is 0.304. The van der Waals surface area contributed by atoms with Crippen LogP contribution in [0.15, 0.2) is 42.5 Å². The zero-order valence-corrected chi connectivity index (χ0v) is 15.0. The molecule has 1 aliphatic rings. The predicted molar refractivity (Wildman–Crippen MR) is 106 cm³/mol. The van der Waals surface area contributed by atoms with Crippen LogP contribution in [0.4, 0.5) is 0 Å². The Kier molecular flexibility index (Phi) is 4.41.